The van der Waals surface area contributed by atoms with Gasteiger partial charge in [0.25, 0.3) is 0 Å². The number of anilines is 1. The van der Waals surface area contributed by atoms with E-state index in [4.69, 9.17) is 5.11 Å². The van der Waals surface area contributed by atoms with Gasteiger partial charge in [0.1, 0.15) is 0 Å². The van der Waals surface area contributed by atoms with Crippen LogP contribution in [-0.4, -0.2) is 17.6 Å². The second kappa shape index (κ2) is 4.23. The van der Waals surface area contributed by atoms with Gasteiger partial charge in [-0.05, 0) is 29.9 Å². The van der Waals surface area contributed by atoms with E-state index in [9.17, 15) is 13.6 Å². The SMILES string of the molecule is CC1(C)CC1CNc1ccc(C(=O)O)c(F)c1F. The molecule has 0 spiro atoms. The maximum absolute atomic E-state index is 13.6. The van der Waals surface area contributed by atoms with Crippen LogP contribution in [0.25, 0.3) is 0 Å². The maximum Gasteiger partial charge on any atom is 0.338 e. The molecule has 5 heteroatoms. The van der Waals surface area contributed by atoms with Gasteiger partial charge >= 0.3 is 5.97 Å². The molecule has 3 nitrogen and oxygen atoms in total. The Morgan fingerprint density at radius 3 is 2.56 bits per heavy atom. The lowest BCUT2D eigenvalue weighted by atomic mass is 10.1. The highest BCUT2D eigenvalue weighted by molar-refractivity contribution is 5.88. The Morgan fingerprint density at radius 2 is 2.06 bits per heavy atom. The maximum atomic E-state index is 13.6. The molecular weight excluding hydrogens is 240 g/mol. The van der Waals surface area contributed by atoms with Gasteiger partial charge in [-0.2, -0.15) is 0 Å². The summed E-state index contributed by atoms with van der Waals surface area (Å²) in [5.74, 6) is -3.48. The Labute approximate surface area is 104 Å². The predicted molar refractivity (Wildman–Crippen MR) is 63.7 cm³/mol. The van der Waals surface area contributed by atoms with Crippen LogP contribution < -0.4 is 5.32 Å². The summed E-state index contributed by atoms with van der Waals surface area (Å²) in [6.07, 6.45) is 1.05. The molecule has 18 heavy (non-hydrogen) atoms. The third-order valence-electron chi connectivity index (χ3n) is 3.57. The Bertz CT molecular complexity index is 500. The zero-order valence-electron chi connectivity index (χ0n) is 10.3. The average molecular weight is 255 g/mol. The van der Waals surface area contributed by atoms with Gasteiger partial charge in [-0.3, -0.25) is 0 Å². The van der Waals surface area contributed by atoms with Crippen LogP contribution in [0.2, 0.25) is 0 Å². The minimum Gasteiger partial charge on any atom is -0.478 e. The zero-order valence-corrected chi connectivity index (χ0v) is 10.3. The molecule has 0 bridgehead atoms. The molecule has 0 aliphatic heterocycles. The molecule has 1 aliphatic rings. The first-order chi connectivity index (χ1) is 8.33. The van der Waals surface area contributed by atoms with Crippen LogP contribution in [0, 0.1) is 23.0 Å². The summed E-state index contributed by atoms with van der Waals surface area (Å²) in [6.45, 7) is 4.80. The highest BCUT2D eigenvalue weighted by Crippen LogP contribution is 2.51. The highest BCUT2D eigenvalue weighted by Gasteiger charge is 2.45. The quantitative estimate of drug-likeness (QED) is 0.869. The van der Waals surface area contributed by atoms with Crippen LogP contribution >= 0.6 is 0 Å². The van der Waals surface area contributed by atoms with E-state index in [-0.39, 0.29) is 11.1 Å². The zero-order chi connectivity index (χ0) is 13.5. The Kier molecular flexibility index (Phi) is 3.00. The summed E-state index contributed by atoms with van der Waals surface area (Å²) in [6, 6.07) is 2.33. The average Bonchev–Trinajstić information content (AvgIpc) is 2.88. The Morgan fingerprint density at radius 1 is 1.44 bits per heavy atom. The molecule has 98 valence electrons. The minimum absolute atomic E-state index is 0.0141. The largest absolute Gasteiger partial charge is 0.478 e. The monoisotopic (exact) mass is 255 g/mol. The van der Waals surface area contributed by atoms with Gasteiger partial charge in [-0.25, -0.2) is 13.6 Å². The van der Waals surface area contributed by atoms with Crippen LogP contribution in [0.4, 0.5) is 14.5 Å². The van der Waals surface area contributed by atoms with Crippen molar-refractivity contribution in [1.82, 2.24) is 0 Å². The number of aromatic carboxylic acids is 1. The lowest BCUT2D eigenvalue weighted by Gasteiger charge is -2.10. The van der Waals surface area contributed by atoms with Crippen LogP contribution in [0.3, 0.4) is 0 Å². The van der Waals surface area contributed by atoms with Crippen molar-refractivity contribution in [2.45, 2.75) is 20.3 Å². The van der Waals surface area contributed by atoms with E-state index in [0.717, 1.165) is 12.5 Å². The number of carbonyl (C=O) groups is 1. The first kappa shape index (κ1) is 12.8. The number of hydrogen-bond donors (Lipinski definition) is 2. The van der Waals surface area contributed by atoms with Crippen molar-refractivity contribution in [2.24, 2.45) is 11.3 Å². The van der Waals surface area contributed by atoms with Crippen molar-refractivity contribution < 1.29 is 18.7 Å². The van der Waals surface area contributed by atoms with Crippen LogP contribution in [0.1, 0.15) is 30.6 Å². The Balaban J connectivity index is 2.10. The van der Waals surface area contributed by atoms with Gasteiger partial charge in [-0.1, -0.05) is 13.8 Å². The minimum atomic E-state index is -1.47. The van der Waals surface area contributed by atoms with Crippen molar-refractivity contribution in [1.29, 1.82) is 0 Å². The van der Waals surface area contributed by atoms with Crippen LogP contribution in [0.5, 0.6) is 0 Å². The molecule has 1 saturated carbocycles. The fraction of sp³-hybridized carbons (Fsp3) is 0.462. The van der Waals surface area contributed by atoms with Gasteiger partial charge in [0.05, 0.1) is 11.3 Å². The Hall–Kier alpha value is -1.65. The van der Waals surface area contributed by atoms with Crippen molar-refractivity contribution >= 4 is 11.7 Å². The van der Waals surface area contributed by atoms with Crippen molar-refractivity contribution in [2.75, 3.05) is 11.9 Å². The normalized spacial score (nSPS) is 20.6. The van der Waals surface area contributed by atoms with Crippen molar-refractivity contribution in [3.05, 3.63) is 29.3 Å². The van der Waals surface area contributed by atoms with E-state index < -0.39 is 23.2 Å². The third kappa shape index (κ3) is 2.30. The highest BCUT2D eigenvalue weighted by atomic mass is 19.2. The van der Waals surface area contributed by atoms with Crippen molar-refractivity contribution in [3.63, 3.8) is 0 Å². The second-order valence-corrected chi connectivity index (χ2v) is 5.36. The molecule has 2 rings (SSSR count). The number of halogens is 2. The third-order valence-corrected chi connectivity index (χ3v) is 3.57. The molecule has 0 aromatic heterocycles. The molecule has 0 amide bonds. The lowest BCUT2D eigenvalue weighted by Crippen LogP contribution is -2.11. The number of nitrogens with one attached hydrogen (secondary N) is 1. The topological polar surface area (TPSA) is 49.3 Å². The molecule has 1 aromatic carbocycles. The van der Waals surface area contributed by atoms with E-state index in [1.807, 2.05) is 0 Å². The number of carboxylic acid groups (broad SMARTS) is 1. The molecule has 0 radical (unpaired) electrons. The molecule has 1 unspecified atom stereocenters. The molecule has 1 aromatic rings. The van der Waals surface area contributed by atoms with Gasteiger partial charge in [-0.15, -0.1) is 0 Å². The number of rotatable bonds is 4. The van der Waals surface area contributed by atoms with Gasteiger partial charge in [0, 0.05) is 6.54 Å². The van der Waals surface area contributed by atoms with Crippen LogP contribution in [-0.2, 0) is 0 Å². The lowest BCUT2D eigenvalue weighted by molar-refractivity contribution is 0.0690. The smallest absolute Gasteiger partial charge is 0.338 e. The van der Waals surface area contributed by atoms with Gasteiger partial charge < -0.3 is 10.4 Å². The predicted octanol–water partition coefficient (Wildman–Crippen LogP) is 3.12. The summed E-state index contributed by atoms with van der Waals surface area (Å²) in [5, 5.41) is 11.5. The molecule has 0 saturated heterocycles. The molecular formula is C13H15F2NO2. The summed E-state index contributed by atoms with van der Waals surface area (Å²) in [7, 11) is 0. The molecule has 1 fully saturated rings. The first-order valence-corrected chi connectivity index (χ1v) is 5.78. The van der Waals surface area contributed by atoms with E-state index in [1.54, 1.807) is 0 Å². The van der Waals surface area contributed by atoms with Gasteiger partial charge in [0.2, 0.25) is 0 Å². The number of carboxylic acids is 1. The summed E-state index contributed by atoms with van der Waals surface area (Å²) < 4.78 is 27.0. The van der Waals surface area contributed by atoms with E-state index >= 15 is 0 Å². The second-order valence-electron chi connectivity index (χ2n) is 5.36. The van der Waals surface area contributed by atoms with E-state index in [2.05, 4.69) is 19.2 Å². The summed E-state index contributed by atoms with van der Waals surface area (Å²) >= 11 is 0. The van der Waals surface area contributed by atoms with Crippen LogP contribution in [0.15, 0.2) is 12.1 Å². The molecule has 0 heterocycles. The fourth-order valence-corrected chi connectivity index (χ4v) is 2.01. The summed E-state index contributed by atoms with van der Waals surface area (Å²) in [5.41, 5.74) is -0.381. The number of benzene rings is 1. The van der Waals surface area contributed by atoms with Gasteiger partial charge in [0.15, 0.2) is 11.6 Å². The molecule has 1 atom stereocenters. The van der Waals surface area contributed by atoms with E-state index in [0.29, 0.717) is 12.5 Å². The van der Waals surface area contributed by atoms with E-state index in [1.165, 1.54) is 6.07 Å². The number of hydrogen-bond acceptors (Lipinski definition) is 2. The molecule has 1 aliphatic carbocycles. The first-order valence-electron chi connectivity index (χ1n) is 5.78. The standard InChI is InChI=1S/C13H15F2NO2/c1-13(2)5-7(13)6-16-9-4-3-8(12(17)18)10(14)11(9)15/h3-4,7,16H,5-6H2,1-2H3,(H,17,18). The molecule has 2 N–H and O–H groups in total. The summed E-state index contributed by atoms with van der Waals surface area (Å²) in [4.78, 5) is 10.6. The fourth-order valence-electron chi connectivity index (χ4n) is 2.01. The van der Waals surface area contributed by atoms with Crippen molar-refractivity contribution in [3.8, 4) is 0 Å².